The van der Waals surface area contributed by atoms with E-state index in [0.29, 0.717) is 12.3 Å². The second kappa shape index (κ2) is 5.45. The fourth-order valence-electron chi connectivity index (χ4n) is 1.28. The first kappa shape index (κ1) is 12.4. The van der Waals surface area contributed by atoms with Crippen LogP contribution >= 0.6 is 7.37 Å². The average molecular weight is 227 g/mol. The molecule has 4 heteroatoms. The summed E-state index contributed by atoms with van der Waals surface area (Å²) in [6.07, 6.45) is 0.477. The van der Waals surface area contributed by atoms with Crippen molar-refractivity contribution in [3.8, 4) is 0 Å². The highest BCUT2D eigenvalue weighted by Gasteiger charge is 2.22. The molecule has 0 aliphatic heterocycles. The van der Waals surface area contributed by atoms with Crippen molar-refractivity contribution >= 4 is 7.37 Å². The summed E-state index contributed by atoms with van der Waals surface area (Å²) >= 11 is 0. The zero-order valence-corrected chi connectivity index (χ0v) is 10.1. The molecular weight excluding hydrogens is 209 g/mol. The Morgan fingerprint density at radius 3 is 2.27 bits per heavy atom. The Labute approximate surface area is 91.1 Å². The molecule has 15 heavy (non-hydrogen) atoms. The lowest BCUT2D eigenvalue weighted by atomic mass is 10.2. The maximum Gasteiger partial charge on any atom is 0.204 e. The number of hydrogen-bond acceptors (Lipinski definition) is 3. The molecule has 84 valence electrons. The van der Waals surface area contributed by atoms with E-state index in [1.807, 2.05) is 44.2 Å². The lowest BCUT2D eigenvalue weighted by Crippen LogP contribution is -2.14. The van der Waals surface area contributed by atoms with Gasteiger partial charge in [-0.15, -0.1) is 0 Å². The molecule has 0 radical (unpaired) electrons. The smallest absolute Gasteiger partial charge is 0.204 e. The first-order valence-corrected chi connectivity index (χ1v) is 7.18. The minimum absolute atomic E-state index is 0.532. The third-order valence-corrected chi connectivity index (χ3v) is 4.94. The molecule has 0 aliphatic carbocycles. The van der Waals surface area contributed by atoms with Gasteiger partial charge in [-0.1, -0.05) is 44.2 Å². The van der Waals surface area contributed by atoms with Crippen molar-refractivity contribution in [1.82, 2.24) is 0 Å². The summed E-state index contributed by atoms with van der Waals surface area (Å²) in [5.74, 6) is 0. The van der Waals surface area contributed by atoms with Crippen molar-refractivity contribution in [2.45, 2.75) is 20.1 Å². The summed E-state index contributed by atoms with van der Waals surface area (Å²) in [7, 11) is -2.53. The molecule has 0 amide bonds. The summed E-state index contributed by atoms with van der Waals surface area (Å²) < 4.78 is 17.5. The maximum atomic E-state index is 12.0. The number of hydrogen-bond donors (Lipinski definition) is 1. The molecule has 0 bridgehead atoms. The van der Waals surface area contributed by atoms with Crippen molar-refractivity contribution < 1.29 is 9.09 Å². The molecule has 1 aromatic carbocycles. The summed E-state index contributed by atoms with van der Waals surface area (Å²) in [5, 5.41) is 0. The predicted octanol–water partition coefficient (Wildman–Crippen LogP) is 2.98. The zero-order valence-electron chi connectivity index (χ0n) is 9.22. The van der Waals surface area contributed by atoms with Crippen LogP contribution in [-0.2, 0) is 9.09 Å². The highest BCUT2D eigenvalue weighted by Crippen LogP contribution is 2.48. The van der Waals surface area contributed by atoms with Crippen LogP contribution in [-0.4, -0.2) is 12.3 Å². The fourth-order valence-corrected chi connectivity index (χ4v) is 2.56. The van der Waals surface area contributed by atoms with Gasteiger partial charge in [0.15, 0.2) is 0 Å². The summed E-state index contributed by atoms with van der Waals surface area (Å²) in [4.78, 5) is 0. The van der Waals surface area contributed by atoms with Crippen molar-refractivity contribution in [3.63, 3.8) is 0 Å². The fraction of sp³-hybridized carbons (Fsp3) is 0.455. The van der Waals surface area contributed by atoms with E-state index in [-0.39, 0.29) is 0 Å². The number of rotatable bonds is 5. The van der Waals surface area contributed by atoms with Crippen LogP contribution in [0.5, 0.6) is 0 Å². The van der Waals surface area contributed by atoms with Gasteiger partial charge in [-0.2, -0.15) is 0 Å². The van der Waals surface area contributed by atoms with Gasteiger partial charge < -0.3 is 10.3 Å². The summed E-state index contributed by atoms with van der Waals surface area (Å²) in [5.41, 5.74) is 6.70. The molecule has 1 rings (SSSR count). The second-order valence-corrected chi connectivity index (χ2v) is 6.49. The lowest BCUT2D eigenvalue weighted by molar-refractivity contribution is 0.217. The molecule has 0 fully saturated rings. The summed E-state index contributed by atoms with van der Waals surface area (Å²) in [6.45, 7) is 3.73. The molecule has 0 saturated carbocycles. The van der Waals surface area contributed by atoms with Gasteiger partial charge in [0.25, 0.3) is 0 Å². The minimum atomic E-state index is -2.53. The van der Waals surface area contributed by atoms with E-state index in [2.05, 4.69) is 0 Å². The summed E-state index contributed by atoms with van der Waals surface area (Å²) in [6, 6.07) is 9.44. The van der Waals surface area contributed by atoms with E-state index >= 15 is 0 Å². The van der Waals surface area contributed by atoms with E-state index in [1.165, 1.54) is 0 Å². The second-order valence-electron chi connectivity index (χ2n) is 3.38. The van der Waals surface area contributed by atoms with Crippen LogP contribution in [0.25, 0.3) is 0 Å². The van der Waals surface area contributed by atoms with Crippen molar-refractivity contribution in [2.24, 2.45) is 5.73 Å². The monoisotopic (exact) mass is 227 g/mol. The molecule has 3 nitrogen and oxygen atoms in total. The van der Waals surface area contributed by atoms with E-state index < -0.39 is 13.6 Å². The van der Waals surface area contributed by atoms with Gasteiger partial charge in [-0.05, 0) is 5.56 Å². The Kier molecular flexibility index (Phi) is 4.52. The van der Waals surface area contributed by atoms with Gasteiger partial charge in [0, 0.05) is 12.3 Å². The maximum absolute atomic E-state index is 12.0. The van der Waals surface area contributed by atoms with Crippen LogP contribution < -0.4 is 5.73 Å². The van der Waals surface area contributed by atoms with Gasteiger partial charge in [0.1, 0.15) is 6.23 Å². The van der Waals surface area contributed by atoms with Crippen molar-refractivity contribution in [1.29, 1.82) is 0 Å². The topological polar surface area (TPSA) is 52.3 Å². The van der Waals surface area contributed by atoms with Crippen molar-refractivity contribution in [2.75, 3.05) is 12.3 Å². The van der Waals surface area contributed by atoms with E-state index in [9.17, 15) is 4.57 Å². The lowest BCUT2D eigenvalue weighted by Gasteiger charge is -2.20. The highest BCUT2D eigenvalue weighted by molar-refractivity contribution is 7.58. The average Bonchev–Trinajstić information content (AvgIpc) is 2.30. The molecule has 0 aromatic heterocycles. The largest absolute Gasteiger partial charge is 0.305 e. The predicted molar refractivity (Wildman–Crippen MR) is 63.1 cm³/mol. The van der Waals surface area contributed by atoms with Crippen LogP contribution in [0, 0.1) is 0 Å². The van der Waals surface area contributed by atoms with Gasteiger partial charge in [-0.25, -0.2) is 0 Å². The molecule has 0 heterocycles. The quantitative estimate of drug-likeness (QED) is 0.621. The van der Waals surface area contributed by atoms with Gasteiger partial charge in [-0.3, -0.25) is 4.57 Å². The first-order chi connectivity index (χ1) is 7.11. The Bertz CT molecular complexity index is 332. The van der Waals surface area contributed by atoms with Crippen LogP contribution in [0.4, 0.5) is 0 Å². The van der Waals surface area contributed by atoms with Crippen LogP contribution in [0.2, 0.25) is 0 Å². The molecule has 2 N–H and O–H groups in total. The molecule has 0 spiro atoms. The first-order valence-electron chi connectivity index (χ1n) is 5.18. The van der Waals surface area contributed by atoms with Gasteiger partial charge >= 0.3 is 0 Å². The zero-order chi connectivity index (χ0) is 11.3. The van der Waals surface area contributed by atoms with Gasteiger partial charge in [0.2, 0.25) is 7.37 Å². The molecule has 1 unspecified atom stereocenters. The van der Waals surface area contributed by atoms with Crippen LogP contribution in [0.15, 0.2) is 30.3 Å². The third kappa shape index (κ3) is 3.45. The number of nitrogens with two attached hydrogens (primary N) is 1. The Morgan fingerprint density at radius 1 is 1.27 bits per heavy atom. The van der Waals surface area contributed by atoms with Crippen LogP contribution in [0.1, 0.15) is 25.6 Å². The van der Waals surface area contributed by atoms with Crippen molar-refractivity contribution in [3.05, 3.63) is 35.9 Å². The minimum Gasteiger partial charge on any atom is -0.305 e. The molecule has 1 aromatic rings. The van der Waals surface area contributed by atoms with Gasteiger partial charge in [0.05, 0.1) is 0 Å². The Morgan fingerprint density at radius 2 is 1.80 bits per heavy atom. The van der Waals surface area contributed by atoms with E-state index in [1.54, 1.807) is 0 Å². The van der Waals surface area contributed by atoms with Crippen LogP contribution in [0.3, 0.4) is 0 Å². The third-order valence-electron chi connectivity index (χ3n) is 2.40. The standard InChI is InChI=1S/C11H18NO2P/c1-3-15(13,4-2)14-11(12)10-8-6-5-7-9-10/h5-9,11H,3-4,12H2,1-2H3. The normalized spacial score (nSPS) is 13.8. The molecule has 1 atom stereocenters. The van der Waals surface area contributed by atoms with E-state index in [4.69, 9.17) is 10.3 Å². The highest BCUT2D eigenvalue weighted by atomic mass is 31.2. The SMILES string of the molecule is CCP(=O)(CC)OC(N)c1ccccc1. The Hall–Kier alpha value is -0.630. The molecule has 0 aliphatic rings. The van der Waals surface area contributed by atoms with E-state index in [0.717, 1.165) is 5.56 Å². The molecule has 0 saturated heterocycles. The molecular formula is C11H18NO2P. The number of benzene rings is 1. The Balaban J connectivity index is 2.71.